The van der Waals surface area contributed by atoms with Crippen molar-refractivity contribution in [1.29, 1.82) is 0 Å². The summed E-state index contributed by atoms with van der Waals surface area (Å²) in [5.74, 6) is 0.168. The lowest BCUT2D eigenvalue weighted by molar-refractivity contribution is -0.131. The second-order valence-corrected chi connectivity index (χ2v) is 5.46. The highest BCUT2D eigenvalue weighted by atomic mass is 16.6. The summed E-state index contributed by atoms with van der Waals surface area (Å²) in [6.07, 6.45) is 1.81. The number of carbonyl (C=O) groups is 2. The van der Waals surface area contributed by atoms with E-state index < -0.39 is 0 Å². The van der Waals surface area contributed by atoms with Crippen LogP contribution < -0.4 is 0 Å². The zero-order valence-electron chi connectivity index (χ0n) is 12.5. The molecule has 6 heteroatoms. The predicted molar refractivity (Wildman–Crippen MR) is 75.4 cm³/mol. The Kier molecular flexibility index (Phi) is 5.23. The average molecular weight is 283 g/mol. The van der Waals surface area contributed by atoms with Crippen LogP contribution in [-0.4, -0.2) is 78.6 Å². The highest BCUT2D eigenvalue weighted by Crippen LogP contribution is 2.18. The van der Waals surface area contributed by atoms with Crippen molar-refractivity contribution in [3.8, 4) is 0 Å². The Morgan fingerprint density at radius 3 is 2.10 bits per heavy atom. The average Bonchev–Trinajstić information content (AvgIpc) is 2.48. The summed E-state index contributed by atoms with van der Waals surface area (Å²) in [7, 11) is 0. The second kappa shape index (κ2) is 6.92. The van der Waals surface area contributed by atoms with E-state index in [2.05, 4.69) is 4.90 Å². The number of rotatable bonds is 2. The summed E-state index contributed by atoms with van der Waals surface area (Å²) >= 11 is 0. The zero-order chi connectivity index (χ0) is 14.5. The monoisotopic (exact) mass is 283 g/mol. The number of piperazine rings is 1. The molecule has 0 radical (unpaired) electrons. The van der Waals surface area contributed by atoms with E-state index in [1.165, 1.54) is 0 Å². The fourth-order valence-corrected chi connectivity index (χ4v) is 3.03. The largest absolute Gasteiger partial charge is 0.450 e. The zero-order valence-corrected chi connectivity index (χ0v) is 12.5. The van der Waals surface area contributed by atoms with Crippen LogP contribution >= 0.6 is 0 Å². The number of hydrogen-bond donors (Lipinski definition) is 0. The van der Waals surface area contributed by atoms with Crippen molar-refractivity contribution in [2.45, 2.75) is 32.7 Å². The molecule has 114 valence electrons. The van der Waals surface area contributed by atoms with Gasteiger partial charge in [-0.1, -0.05) is 0 Å². The van der Waals surface area contributed by atoms with Gasteiger partial charge >= 0.3 is 6.09 Å². The van der Waals surface area contributed by atoms with Gasteiger partial charge in [0.1, 0.15) is 0 Å². The minimum absolute atomic E-state index is 0.168. The second-order valence-electron chi connectivity index (χ2n) is 5.46. The van der Waals surface area contributed by atoms with Crippen molar-refractivity contribution in [2.24, 2.45) is 0 Å². The minimum Gasteiger partial charge on any atom is -0.450 e. The third-order valence-corrected chi connectivity index (χ3v) is 4.27. The molecule has 2 amide bonds. The van der Waals surface area contributed by atoms with Gasteiger partial charge in [0.25, 0.3) is 0 Å². The van der Waals surface area contributed by atoms with Gasteiger partial charge in [0.2, 0.25) is 5.91 Å². The van der Waals surface area contributed by atoms with Crippen LogP contribution in [-0.2, 0) is 9.53 Å². The normalized spacial score (nSPS) is 21.9. The first kappa shape index (κ1) is 15.1. The molecule has 0 aliphatic carbocycles. The molecule has 0 N–H and O–H groups in total. The summed E-state index contributed by atoms with van der Waals surface area (Å²) in [6, 6.07) is 0.537. The lowest BCUT2D eigenvalue weighted by Crippen LogP contribution is -2.54. The van der Waals surface area contributed by atoms with Gasteiger partial charge in [0.15, 0.2) is 0 Å². The van der Waals surface area contributed by atoms with Crippen molar-refractivity contribution in [3.05, 3.63) is 0 Å². The van der Waals surface area contributed by atoms with Gasteiger partial charge in [-0.05, 0) is 19.8 Å². The van der Waals surface area contributed by atoms with E-state index >= 15 is 0 Å². The lowest BCUT2D eigenvalue weighted by atomic mass is 10.0. The van der Waals surface area contributed by atoms with Crippen molar-refractivity contribution < 1.29 is 14.3 Å². The highest BCUT2D eigenvalue weighted by molar-refractivity contribution is 5.73. The predicted octanol–water partition coefficient (Wildman–Crippen LogP) is 0.771. The summed E-state index contributed by atoms with van der Waals surface area (Å²) < 4.78 is 5.03. The van der Waals surface area contributed by atoms with Crippen molar-refractivity contribution in [3.63, 3.8) is 0 Å². The highest BCUT2D eigenvalue weighted by Gasteiger charge is 2.29. The Balaban J connectivity index is 1.75. The summed E-state index contributed by atoms with van der Waals surface area (Å²) in [6.45, 7) is 9.00. The first-order chi connectivity index (χ1) is 9.61. The molecule has 2 saturated heterocycles. The number of amides is 2. The SMILES string of the molecule is CCOC(=O)N1CCC(N2CCN(C(C)=O)CC2)CC1. The molecule has 0 unspecified atom stereocenters. The van der Waals surface area contributed by atoms with Gasteiger partial charge in [-0.2, -0.15) is 0 Å². The van der Waals surface area contributed by atoms with Gasteiger partial charge in [-0.15, -0.1) is 0 Å². The van der Waals surface area contributed by atoms with E-state index in [-0.39, 0.29) is 12.0 Å². The Morgan fingerprint density at radius 1 is 1.00 bits per heavy atom. The van der Waals surface area contributed by atoms with Crippen molar-refractivity contribution >= 4 is 12.0 Å². The topological polar surface area (TPSA) is 53.1 Å². The molecule has 0 atom stereocenters. The van der Waals surface area contributed by atoms with Crippen LogP contribution in [0.5, 0.6) is 0 Å². The van der Waals surface area contributed by atoms with E-state index in [4.69, 9.17) is 4.74 Å². The Morgan fingerprint density at radius 2 is 1.60 bits per heavy atom. The molecule has 6 nitrogen and oxygen atoms in total. The Bertz CT molecular complexity index is 346. The van der Waals surface area contributed by atoms with Gasteiger partial charge in [0.05, 0.1) is 6.61 Å². The quantitative estimate of drug-likeness (QED) is 0.751. The molecule has 0 spiro atoms. The first-order valence-corrected chi connectivity index (χ1v) is 7.53. The standard InChI is InChI=1S/C14H25N3O3/c1-3-20-14(19)17-6-4-13(5-7-17)16-10-8-15(9-11-16)12(2)18/h13H,3-11H2,1-2H3. The molecule has 2 rings (SSSR count). The van der Waals surface area contributed by atoms with Gasteiger partial charge in [-0.25, -0.2) is 4.79 Å². The molecule has 0 saturated carbocycles. The maximum absolute atomic E-state index is 11.6. The number of hydrogen-bond acceptors (Lipinski definition) is 4. The van der Waals surface area contributed by atoms with Crippen LogP contribution in [0.1, 0.15) is 26.7 Å². The molecular weight excluding hydrogens is 258 g/mol. The lowest BCUT2D eigenvalue weighted by Gasteiger charge is -2.42. The van der Waals surface area contributed by atoms with E-state index in [0.717, 1.165) is 52.1 Å². The Labute approximate surface area is 120 Å². The number of piperidine rings is 1. The van der Waals surface area contributed by atoms with Gasteiger partial charge in [-0.3, -0.25) is 9.69 Å². The van der Waals surface area contributed by atoms with Crippen molar-refractivity contribution in [2.75, 3.05) is 45.9 Å². The fraction of sp³-hybridized carbons (Fsp3) is 0.857. The molecule has 2 heterocycles. The fourth-order valence-electron chi connectivity index (χ4n) is 3.03. The third-order valence-electron chi connectivity index (χ3n) is 4.27. The van der Waals surface area contributed by atoms with Crippen LogP contribution in [0, 0.1) is 0 Å². The number of nitrogens with zero attached hydrogens (tertiary/aromatic N) is 3. The minimum atomic E-state index is -0.188. The number of likely N-dealkylation sites (tertiary alicyclic amines) is 1. The first-order valence-electron chi connectivity index (χ1n) is 7.53. The third kappa shape index (κ3) is 3.62. The van der Waals surface area contributed by atoms with Crippen LogP contribution in [0.3, 0.4) is 0 Å². The van der Waals surface area contributed by atoms with Crippen LogP contribution in [0.4, 0.5) is 4.79 Å². The molecule has 20 heavy (non-hydrogen) atoms. The number of carbonyl (C=O) groups excluding carboxylic acids is 2. The van der Waals surface area contributed by atoms with Crippen LogP contribution in [0.25, 0.3) is 0 Å². The maximum Gasteiger partial charge on any atom is 0.409 e. The van der Waals surface area contributed by atoms with Crippen LogP contribution in [0.15, 0.2) is 0 Å². The molecule has 2 fully saturated rings. The van der Waals surface area contributed by atoms with Crippen LogP contribution in [0.2, 0.25) is 0 Å². The molecule has 0 aromatic heterocycles. The maximum atomic E-state index is 11.6. The molecule has 2 aliphatic rings. The van der Waals surface area contributed by atoms with Gasteiger partial charge in [0, 0.05) is 52.2 Å². The summed E-state index contributed by atoms with van der Waals surface area (Å²) in [5.41, 5.74) is 0. The molecular formula is C14H25N3O3. The molecule has 2 aliphatic heterocycles. The van der Waals surface area contributed by atoms with Gasteiger partial charge < -0.3 is 14.5 Å². The van der Waals surface area contributed by atoms with Crippen molar-refractivity contribution in [1.82, 2.24) is 14.7 Å². The smallest absolute Gasteiger partial charge is 0.409 e. The Hall–Kier alpha value is -1.30. The molecule has 0 aromatic rings. The molecule has 0 bridgehead atoms. The van der Waals surface area contributed by atoms with E-state index in [1.807, 2.05) is 11.8 Å². The molecule has 0 aromatic carbocycles. The van der Waals surface area contributed by atoms with E-state index in [0.29, 0.717) is 12.6 Å². The number of ether oxygens (including phenoxy) is 1. The van der Waals surface area contributed by atoms with E-state index in [9.17, 15) is 9.59 Å². The van der Waals surface area contributed by atoms with E-state index in [1.54, 1.807) is 11.8 Å². The summed E-state index contributed by atoms with van der Waals surface area (Å²) in [5, 5.41) is 0. The summed E-state index contributed by atoms with van der Waals surface area (Å²) in [4.78, 5) is 29.1.